The Morgan fingerprint density at radius 1 is 1.05 bits per heavy atom. The summed E-state index contributed by atoms with van der Waals surface area (Å²) >= 11 is 2.39. The number of piperazine rings is 1. The van der Waals surface area contributed by atoms with E-state index >= 15 is 0 Å². The highest BCUT2D eigenvalue weighted by molar-refractivity contribution is 14.1. The standard InChI is InChI=1S/C17H23IN2/c18-15-7-1-12(2-8-15)10-20-11-16(13-3-4-13)19-9-17(20)14-5-6-14/h1-2,7-8,13-14,16-17,19H,3-6,9-11H2. The molecule has 0 aromatic heterocycles. The van der Waals surface area contributed by atoms with Crippen molar-refractivity contribution in [2.24, 2.45) is 11.8 Å². The number of nitrogens with zero attached hydrogens (tertiary/aromatic N) is 1. The molecule has 108 valence electrons. The second-order valence-corrected chi connectivity index (χ2v) is 8.06. The van der Waals surface area contributed by atoms with E-state index in [1.165, 1.54) is 47.9 Å². The van der Waals surface area contributed by atoms with Crippen molar-refractivity contribution in [1.82, 2.24) is 10.2 Å². The summed E-state index contributed by atoms with van der Waals surface area (Å²) < 4.78 is 1.33. The Balaban J connectivity index is 1.47. The van der Waals surface area contributed by atoms with Crippen LogP contribution < -0.4 is 5.32 Å². The molecule has 1 heterocycles. The van der Waals surface area contributed by atoms with E-state index in [9.17, 15) is 0 Å². The Kier molecular flexibility index (Phi) is 3.77. The highest BCUT2D eigenvalue weighted by atomic mass is 127. The average molecular weight is 382 g/mol. The molecule has 3 heteroatoms. The van der Waals surface area contributed by atoms with Crippen molar-refractivity contribution in [2.75, 3.05) is 13.1 Å². The van der Waals surface area contributed by atoms with Gasteiger partial charge >= 0.3 is 0 Å². The molecule has 2 atom stereocenters. The van der Waals surface area contributed by atoms with E-state index in [4.69, 9.17) is 0 Å². The van der Waals surface area contributed by atoms with Crippen LogP contribution in [0.4, 0.5) is 0 Å². The molecule has 2 saturated carbocycles. The van der Waals surface area contributed by atoms with E-state index < -0.39 is 0 Å². The molecule has 3 fully saturated rings. The molecular weight excluding hydrogens is 359 g/mol. The van der Waals surface area contributed by atoms with Gasteiger partial charge in [0, 0.05) is 35.3 Å². The molecule has 2 aliphatic carbocycles. The minimum atomic E-state index is 0.758. The molecule has 2 nitrogen and oxygen atoms in total. The maximum Gasteiger partial charge on any atom is 0.0253 e. The Morgan fingerprint density at radius 3 is 2.40 bits per heavy atom. The van der Waals surface area contributed by atoms with Crippen LogP contribution in [-0.4, -0.2) is 30.1 Å². The smallest absolute Gasteiger partial charge is 0.0253 e. The van der Waals surface area contributed by atoms with Crippen LogP contribution in [0.15, 0.2) is 24.3 Å². The quantitative estimate of drug-likeness (QED) is 0.805. The van der Waals surface area contributed by atoms with Gasteiger partial charge in [-0.1, -0.05) is 12.1 Å². The summed E-state index contributed by atoms with van der Waals surface area (Å²) in [6, 6.07) is 10.6. The van der Waals surface area contributed by atoms with Crippen LogP contribution in [0, 0.1) is 15.4 Å². The number of hydrogen-bond acceptors (Lipinski definition) is 2. The average Bonchev–Trinajstić information content (AvgIpc) is 3.33. The predicted molar refractivity (Wildman–Crippen MR) is 90.6 cm³/mol. The van der Waals surface area contributed by atoms with Crippen molar-refractivity contribution in [1.29, 1.82) is 0 Å². The monoisotopic (exact) mass is 382 g/mol. The topological polar surface area (TPSA) is 15.3 Å². The summed E-state index contributed by atoms with van der Waals surface area (Å²) in [5.41, 5.74) is 1.48. The van der Waals surface area contributed by atoms with Crippen molar-refractivity contribution in [3.63, 3.8) is 0 Å². The fourth-order valence-corrected chi connectivity index (χ4v) is 3.98. The van der Waals surface area contributed by atoms with E-state index in [2.05, 4.69) is 57.1 Å². The summed E-state index contributed by atoms with van der Waals surface area (Å²) in [6.07, 6.45) is 5.79. The summed E-state index contributed by atoms with van der Waals surface area (Å²) in [6.45, 7) is 3.62. The van der Waals surface area contributed by atoms with Crippen molar-refractivity contribution < 1.29 is 0 Å². The van der Waals surface area contributed by atoms with Crippen molar-refractivity contribution in [2.45, 2.75) is 44.3 Å². The van der Waals surface area contributed by atoms with Gasteiger partial charge in [-0.05, 0) is 77.8 Å². The van der Waals surface area contributed by atoms with E-state index in [-0.39, 0.29) is 0 Å². The van der Waals surface area contributed by atoms with Gasteiger partial charge < -0.3 is 5.32 Å². The maximum absolute atomic E-state index is 3.83. The molecule has 3 aliphatic rings. The molecule has 4 rings (SSSR count). The first-order chi connectivity index (χ1) is 9.79. The third-order valence-corrected chi connectivity index (χ3v) is 5.86. The lowest BCUT2D eigenvalue weighted by atomic mass is 10.0. The van der Waals surface area contributed by atoms with Gasteiger partial charge in [0.1, 0.15) is 0 Å². The molecule has 1 aromatic carbocycles. The van der Waals surface area contributed by atoms with Gasteiger partial charge in [-0.3, -0.25) is 4.90 Å². The van der Waals surface area contributed by atoms with Gasteiger partial charge in [-0.25, -0.2) is 0 Å². The normalized spacial score (nSPS) is 31.4. The number of benzene rings is 1. The summed E-state index contributed by atoms with van der Waals surface area (Å²) in [5.74, 6) is 1.93. The van der Waals surface area contributed by atoms with Crippen LogP contribution in [0.1, 0.15) is 31.2 Å². The Morgan fingerprint density at radius 2 is 1.75 bits per heavy atom. The SMILES string of the molecule is Ic1ccc(CN2CC(C3CC3)NCC2C2CC2)cc1. The Labute approximate surface area is 135 Å². The predicted octanol–water partition coefficient (Wildman–Crippen LogP) is 3.25. The van der Waals surface area contributed by atoms with Crippen LogP contribution in [0.5, 0.6) is 0 Å². The van der Waals surface area contributed by atoms with Crippen LogP contribution in [0.25, 0.3) is 0 Å². The summed E-state index contributed by atoms with van der Waals surface area (Å²) in [7, 11) is 0. The molecule has 0 radical (unpaired) electrons. The fourth-order valence-electron chi connectivity index (χ4n) is 3.62. The molecule has 1 N–H and O–H groups in total. The molecular formula is C17H23IN2. The zero-order chi connectivity index (χ0) is 13.5. The first kappa shape index (κ1) is 13.5. The number of nitrogens with one attached hydrogen (secondary N) is 1. The van der Waals surface area contributed by atoms with Gasteiger partial charge in [-0.15, -0.1) is 0 Å². The van der Waals surface area contributed by atoms with Crippen molar-refractivity contribution in [3.05, 3.63) is 33.4 Å². The first-order valence-electron chi connectivity index (χ1n) is 8.01. The largest absolute Gasteiger partial charge is 0.311 e. The molecule has 1 aromatic rings. The lowest BCUT2D eigenvalue weighted by Crippen LogP contribution is -2.57. The molecule has 2 unspecified atom stereocenters. The summed E-state index contributed by atoms with van der Waals surface area (Å²) in [5, 5.41) is 3.83. The highest BCUT2D eigenvalue weighted by Gasteiger charge is 2.42. The fraction of sp³-hybridized carbons (Fsp3) is 0.647. The number of halogens is 1. The van der Waals surface area contributed by atoms with Crippen molar-refractivity contribution in [3.8, 4) is 0 Å². The van der Waals surface area contributed by atoms with Crippen LogP contribution in [0.2, 0.25) is 0 Å². The molecule has 0 spiro atoms. The zero-order valence-corrected chi connectivity index (χ0v) is 14.1. The van der Waals surface area contributed by atoms with Crippen LogP contribution >= 0.6 is 22.6 Å². The van der Waals surface area contributed by atoms with E-state index in [1.54, 1.807) is 0 Å². The number of rotatable bonds is 4. The zero-order valence-electron chi connectivity index (χ0n) is 11.9. The van der Waals surface area contributed by atoms with Gasteiger partial charge in [0.05, 0.1) is 0 Å². The van der Waals surface area contributed by atoms with E-state index in [0.717, 1.165) is 30.5 Å². The third kappa shape index (κ3) is 3.04. The lowest BCUT2D eigenvalue weighted by molar-refractivity contribution is 0.100. The van der Waals surface area contributed by atoms with Gasteiger partial charge in [0.25, 0.3) is 0 Å². The molecule has 20 heavy (non-hydrogen) atoms. The highest BCUT2D eigenvalue weighted by Crippen LogP contribution is 2.40. The van der Waals surface area contributed by atoms with Crippen molar-refractivity contribution >= 4 is 22.6 Å². The van der Waals surface area contributed by atoms with Gasteiger partial charge in [-0.2, -0.15) is 0 Å². The third-order valence-electron chi connectivity index (χ3n) is 5.15. The molecule has 0 bridgehead atoms. The summed E-state index contributed by atoms with van der Waals surface area (Å²) in [4.78, 5) is 2.78. The molecule has 1 aliphatic heterocycles. The Bertz CT molecular complexity index is 464. The van der Waals surface area contributed by atoms with Crippen LogP contribution in [0.3, 0.4) is 0 Å². The molecule has 0 amide bonds. The second-order valence-electron chi connectivity index (χ2n) is 6.81. The van der Waals surface area contributed by atoms with Crippen LogP contribution in [-0.2, 0) is 6.54 Å². The Hall–Kier alpha value is -0.130. The minimum Gasteiger partial charge on any atom is -0.311 e. The molecule has 1 saturated heterocycles. The second kappa shape index (κ2) is 5.58. The van der Waals surface area contributed by atoms with Gasteiger partial charge in [0.15, 0.2) is 0 Å². The minimum absolute atomic E-state index is 0.758. The lowest BCUT2D eigenvalue weighted by Gasteiger charge is -2.41. The number of hydrogen-bond donors (Lipinski definition) is 1. The maximum atomic E-state index is 3.83. The van der Waals surface area contributed by atoms with Gasteiger partial charge in [0.2, 0.25) is 0 Å². The van der Waals surface area contributed by atoms with E-state index in [0.29, 0.717) is 0 Å². The first-order valence-corrected chi connectivity index (χ1v) is 9.09. The van der Waals surface area contributed by atoms with E-state index in [1.807, 2.05) is 0 Å².